The van der Waals surface area contributed by atoms with Crippen LogP contribution in [0.3, 0.4) is 0 Å². The van der Waals surface area contributed by atoms with Crippen LogP contribution in [0.5, 0.6) is 0 Å². The van der Waals surface area contributed by atoms with E-state index in [0.717, 1.165) is 29.7 Å². The minimum absolute atomic E-state index is 0.105. The van der Waals surface area contributed by atoms with Crippen molar-refractivity contribution in [2.45, 2.75) is 31.3 Å². The topological polar surface area (TPSA) is 74.8 Å². The van der Waals surface area contributed by atoms with E-state index in [9.17, 15) is 14.0 Å². The van der Waals surface area contributed by atoms with Crippen molar-refractivity contribution < 1.29 is 9.18 Å². The number of halogens is 1. The van der Waals surface area contributed by atoms with Gasteiger partial charge in [0.15, 0.2) is 5.16 Å². The lowest BCUT2D eigenvalue weighted by atomic mass is 9.89. The Labute approximate surface area is 163 Å². The third-order valence-corrected chi connectivity index (χ3v) is 6.63. The summed E-state index contributed by atoms with van der Waals surface area (Å²) in [6, 6.07) is 5.58. The number of anilines is 1. The van der Waals surface area contributed by atoms with Gasteiger partial charge in [0, 0.05) is 10.6 Å². The number of aryl methyl sites for hydroxylation is 1. The minimum Gasteiger partial charge on any atom is -0.325 e. The van der Waals surface area contributed by atoms with Crippen LogP contribution in [0.1, 0.15) is 23.8 Å². The molecule has 0 spiro atoms. The number of carbonyl (C=O) groups is 1. The molecule has 2 aromatic heterocycles. The van der Waals surface area contributed by atoms with E-state index in [-0.39, 0.29) is 23.0 Å². The van der Waals surface area contributed by atoms with Gasteiger partial charge in [-0.25, -0.2) is 9.37 Å². The minimum atomic E-state index is -0.356. The molecule has 1 aromatic carbocycles. The molecular weight excluding hydrogens is 385 g/mol. The highest BCUT2D eigenvalue weighted by atomic mass is 32.2. The van der Waals surface area contributed by atoms with Gasteiger partial charge in [0.1, 0.15) is 10.6 Å². The van der Waals surface area contributed by atoms with Crippen LogP contribution < -0.4 is 10.9 Å². The highest BCUT2D eigenvalue weighted by molar-refractivity contribution is 7.99. The van der Waals surface area contributed by atoms with Crippen molar-refractivity contribution in [1.82, 2.24) is 9.97 Å². The van der Waals surface area contributed by atoms with Gasteiger partial charge >= 0.3 is 0 Å². The van der Waals surface area contributed by atoms with E-state index in [1.807, 2.05) is 0 Å². The second-order valence-electron chi connectivity index (χ2n) is 6.75. The van der Waals surface area contributed by atoms with Gasteiger partial charge in [-0.3, -0.25) is 9.59 Å². The van der Waals surface area contributed by atoms with E-state index in [1.54, 1.807) is 11.3 Å². The molecule has 3 aromatic rings. The number of benzene rings is 1. The number of aromatic nitrogens is 2. The van der Waals surface area contributed by atoms with Crippen LogP contribution >= 0.6 is 23.1 Å². The highest BCUT2D eigenvalue weighted by Crippen LogP contribution is 2.36. The molecule has 2 N–H and O–H groups in total. The van der Waals surface area contributed by atoms with Gasteiger partial charge in [-0.1, -0.05) is 18.7 Å². The van der Waals surface area contributed by atoms with Crippen molar-refractivity contribution in [3.8, 4) is 0 Å². The molecule has 1 atom stereocenters. The molecule has 2 heterocycles. The van der Waals surface area contributed by atoms with E-state index >= 15 is 0 Å². The van der Waals surface area contributed by atoms with Gasteiger partial charge in [0.05, 0.1) is 11.1 Å². The fraction of sp³-hybridized carbons (Fsp3) is 0.316. The normalized spacial score (nSPS) is 16.3. The molecule has 4 rings (SSSR count). The monoisotopic (exact) mass is 403 g/mol. The number of nitrogens with one attached hydrogen (secondary N) is 2. The summed E-state index contributed by atoms with van der Waals surface area (Å²) in [6.45, 7) is 2.23. The first-order valence-electron chi connectivity index (χ1n) is 8.72. The van der Waals surface area contributed by atoms with E-state index in [0.29, 0.717) is 22.1 Å². The first-order chi connectivity index (χ1) is 13.0. The Morgan fingerprint density at radius 3 is 2.96 bits per heavy atom. The van der Waals surface area contributed by atoms with E-state index in [4.69, 9.17) is 0 Å². The number of amides is 1. The molecule has 0 saturated heterocycles. The molecule has 8 heteroatoms. The molecule has 0 fully saturated rings. The number of thioether (sulfide) groups is 1. The van der Waals surface area contributed by atoms with Crippen LogP contribution in [0.15, 0.2) is 34.2 Å². The Balaban J connectivity index is 1.48. The smallest absolute Gasteiger partial charge is 0.260 e. The summed E-state index contributed by atoms with van der Waals surface area (Å²) in [5.74, 6) is 0.140. The number of fused-ring (bicyclic) bond motifs is 3. The van der Waals surface area contributed by atoms with Crippen LogP contribution in [0, 0.1) is 11.7 Å². The summed E-state index contributed by atoms with van der Waals surface area (Å²) in [6.07, 6.45) is 3.02. The summed E-state index contributed by atoms with van der Waals surface area (Å²) < 4.78 is 12.9. The Morgan fingerprint density at radius 1 is 1.41 bits per heavy atom. The maximum absolute atomic E-state index is 12.9. The van der Waals surface area contributed by atoms with E-state index in [2.05, 4.69) is 22.2 Å². The summed E-state index contributed by atoms with van der Waals surface area (Å²) in [5.41, 5.74) is 1.54. The van der Waals surface area contributed by atoms with Crippen LogP contribution in [0.4, 0.5) is 10.1 Å². The fourth-order valence-corrected chi connectivity index (χ4v) is 5.36. The lowest BCUT2D eigenvalue weighted by molar-refractivity contribution is -0.113. The van der Waals surface area contributed by atoms with Crippen molar-refractivity contribution in [2.75, 3.05) is 11.1 Å². The van der Waals surface area contributed by atoms with Crippen LogP contribution in [0.2, 0.25) is 0 Å². The number of carbonyl (C=O) groups excluding carboxylic acids is 1. The highest BCUT2D eigenvalue weighted by Gasteiger charge is 2.23. The standard InChI is InChI=1S/C19H18FN3O2S2/c1-10-2-7-13-14(8-10)27-18-16(13)17(25)22-19(23-18)26-9-15(24)21-12-5-3-11(20)4-6-12/h3-6,10H,2,7-9H2,1H3,(H,21,24)(H,22,23,25)/t10-/m1/s1. The van der Waals surface area contributed by atoms with Crippen molar-refractivity contribution in [1.29, 1.82) is 0 Å². The quantitative estimate of drug-likeness (QED) is 0.510. The lowest BCUT2D eigenvalue weighted by Crippen LogP contribution is -2.16. The zero-order chi connectivity index (χ0) is 19.0. The lowest BCUT2D eigenvalue weighted by Gasteiger charge is -2.17. The van der Waals surface area contributed by atoms with Gasteiger partial charge in [0.25, 0.3) is 5.56 Å². The predicted molar refractivity (Wildman–Crippen MR) is 107 cm³/mol. The van der Waals surface area contributed by atoms with Crippen LogP contribution in [-0.2, 0) is 17.6 Å². The van der Waals surface area contributed by atoms with Crippen LogP contribution in [-0.4, -0.2) is 21.6 Å². The summed E-state index contributed by atoms with van der Waals surface area (Å²) in [7, 11) is 0. The Bertz CT molecular complexity index is 1060. The van der Waals surface area contributed by atoms with E-state index < -0.39 is 0 Å². The number of hydrogen-bond acceptors (Lipinski definition) is 5. The van der Waals surface area contributed by atoms with Gasteiger partial charge < -0.3 is 10.3 Å². The summed E-state index contributed by atoms with van der Waals surface area (Å²) in [5, 5.41) is 3.84. The SMILES string of the molecule is C[C@@H]1CCc2c(sc3nc(SCC(=O)Nc4ccc(F)cc4)[nH]c(=O)c23)C1. The molecule has 0 saturated carbocycles. The van der Waals surface area contributed by atoms with Gasteiger partial charge in [0.2, 0.25) is 5.91 Å². The number of thiophene rings is 1. The van der Waals surface area contributed by atoms with Gasteiger partial charge in [-0.2, -0.15) is 0 Å². The molecule has 5 nitrogen and oxygen atoms in total. The maximum Gasteiger partial charge on any atom is 0.260 e. The molecule has 1 aliphatic carbocycles. The average molecular weight is 404 g/mol. The number of nitrogens with zero attached hydrogens (tertiary/aromatic N) is 1. The number of rotatable bonds is 4. The van der Waals surface area contributed by atoms with Crippen molar-refractivity contribution in [2.24, 2.45) is 5.92 Å². The zero-order valence-corrected chi connectivity index (χ0v) is 16.3. The second-order valence-corrected chi connectivity index (χ2v) is 8.79. The molecule has 0 bridgehead atoms. The third-order valence-electron chi connectivity index (χ3n) is 4.61. The molecule has 1 amide bonds. The molecule has 140 valence electrons. The third kappa shape index (κ3) is 3.91. The Hall–Kier alpha value is -2.19. The molecule has 0 aliphatic heterocycles. The number of hydrogen-bond donors (Lipinski definition) is 2. The Kier molecular flexibility index (Phi) is 5.01. The van der Waals surface area contributed by atoms with Crippen molar-refractivity contribution >= 4 is 44.9 Å². The molecular formula is C19H18FN3O2S2. The van der Waals surface area contributed by atoms with Crippen molar-refractivity contribution in [3.63, 3.8) is 0 Å². The van der Waals surface area contributed by atoms with Crippen molar-refractivity contribution in [3.05, 3.63) is 50.9 Å². The molecule has 0 radical (unpaired) electrons. The fourth-order valence-electron chi connectivity index (χ4n) is 3.26. The second kappa shape index (κ2) is 7.44. The molecule has 0 unspecified atom stereocenters. The van der Waals surface area contributed by atoms with Gasteiger partial charge in [-0.15, -0.1) is 11.3 Å². The Morgan fingerprint density at radius 2 is 2.19 bits per heavy atom. The van der Waals surface area contributed by atoms with Gasteiger partial charge in [-0.05, 0) is 55.0 Å². The maximum atomic E-state index is 12.9. The summed E-state index contributed by atoms with van der Waals surface area (Å²) in [4.78, 5) is 34.0. The zero-order valence-electron chi connectivity index (χ0n) is 14.7. The number of aromatic amines is 1. The average Bonchev–Trinajstić information content (AvgIpc) is 2.99. The largest absolute Gasteiger partial charge is 0.325 e. The number of H-pyrrole nitrogens is 1. The first kappa shape index (κ1) is 18.2. The van der Waals surface area contributed by atoms with E-state index in [1.165, 1.54) is 40.9 Å². The van der Waals surface area contributed by atoms with Crippen LogP contribution in [0.25, 0.3) is 10.2 Å². The predicted octanol–water partition coefficient (Wildman–Crippen LogP) is 3.98. The summed E-state index contributed by atoms with van der Waals surface area (Å²) >= 11 is 2.77. The molecule has 1 aliphatic rings. The molecule has 27 heavy (non-hydrogen) atoms. The first-order valence-corrected chi connectivity index (χ1v) is 10.5.